The smallest absolute Gasteiger partial charge is 0.413 e. The normalized spacial score (nSPS) is 10.1. The van der Waals surface area contributed by atoms with Gasteiger partial charge in [-0.3, -0.25) is 4.90 Å². The zero-order valence-electron chi connectivity index (χ0n) is 12.0. The third-order valence-corrected chi connectivity index (χ3v) is 3.15. The Balaban J connectivity index is 2.34. The number of aromatic nitrogens is 2. The molecule has 0 saturated carbocycles. The largest absolute Gasteiger partial charge is 0.497 e. The molecule has 2 rings (SSSR count). The summed E-state index contributed by atoms with van der Waals surface area (Å²) < 4.78 is 10.4. The van der Waals surface area contributed by atoms with E-state index in [1.807, 2.05) is 0 Å². The zero-order chi connectivity index (χ0) is 16.1. The van der Waals surface area contributed by atoms with E-state index in [0.717, 1.165) is 4.90 Å². The first-order chi connectivity index (χ1) is 10.5. The van der Waals surface area contributed by atoms with Crippen molar-refractivity contribution in [3.8, 4) is 11.5 Å². The van der Waals surface area contributed by atoms with E-state index in [2.05, 4.69) is 10.2 Å². The fourth-order valence-corrected chi connectivity index (χ4v) is 2.01. The Kier molecular flexibility index (Phi) is 5.00. The number of benzene rings is 1. The van der Waals surface area contributed by atoms with Gasteiger partial charge < -0.3 is 14.6 Å². The number of methoxy groups -OCH3 is 2. The molecule has 2 aromatic rings. The van der Waals surface area contributed by atoms with Crippen molar-refractivity contribution in [2.45, 2.75) is 6.54 Å². The summed E-state index contributed by atoms with van der Waals surface area (Å²) >= 11 is 5.83. The molecule has 22 heavy (non-hydrogen) atoms. The summed E-state index contributed by atoms with van der Waals surface area (Å²) in [6.07, 6.45) is 0.161. The van der Waals surface area contributed by atoms with Gasteiger partial charge in [0.05, 0.1) is 32.0 Å². The van der Waals surface area contributed by atoms with Crippen LogP contribution in [0.3, 0.4) is 0 Å². The SMILES string of the molecule is COc1ccc(CN(C(=O)O)c2cc(Cl)cnn2)c(OC)c1. The van der Waals surface area contributed by atoms with Gasteiger partial charge in [0.1, 0.15) is 11.5 Å². The summed E-state index contributed by atoms with van der Waals surface area (Å²) in [4.78, 5) is 12.5. The van der Waals surface area contributed by atoms with Crippen molar-refractivity contribution in [1.82, 2.24) is 10.2 Å². The Morgan fingerprint density at radius 3 is 2.68 bits per heavy atom. The number of nitrogens with zero attached hydrogens (tertiary/aromatic N) is 3. The number of carboxylic acid groups (broad SMARTS) is 1. The number of hydrogen-bond acceptors (Lipinski definition) is 5. The Labute approximate surface area is 132 Å². The number of rotatable bonds is 5. The molecule has 1 aromatic carbocycles. The number of amides is 1. The standard InChI is InChI=1S/C14H14ClN3O4/c1-21-11-4-3-9(12(6-11)22-2)8-18(14(19)20)13-5-10(15)7-16-17-13/h3-7H,8H2,1-2H3,(H,19,20). The van der Waals surface area contributed by atoms with Gasteiger partial charge in [-0.15, -0.1) is 5.10 Å². The van der Waals surface area contributed by atoms with Gasteiger partial charge in [0, 0.05) is 17.7 Å². The van der Waals surface area contributed by atoms with Gasteiger partial charge in [0.15, 0.2) is 5.82 Å². The molecule has 1 heterocycles. The molecule has 0 saturated heterocycles. The molecule has 0 fully saturated rings. The first-order valence-electron chi connectivity index (χ1n) is 6.24. The minimum atomic E-state index is -1.17. The molecule has 0 atom stereocenters. The van der Waals surface area contributed by atoms with Crippen LogP contribution in [0.2, 0.25) is 5.02 Å². The van der Waals surface area contributed by atoms with Gasteiger partial charge in [-0.1, -0.05) is 11.6 Å². The van der Waals surface area contributed by atoms with Crippen molar-refractivity contribution in [3.05, 3.63) is 41.0 Å². The molecule has 8 heteroatoms. The Morgan fingerprint density at radius 2 is 2.09 bits per heavy atom. The highest BCUT2D eigenvalue weighted by molar-refractivity contribution is 6.30. The summed E-state index contributed by atoms with van der Waals surface area (Å²) in [6.45, 7) is 0.0392. The van der Waals surface area contributed by atoms with Crippen molar-refractivity contribution >= 4 is 23.5 Å². The average molecular weight is 324 g/mol. The highest BCUT2D eigenvalue weighted by Gasteiger charge is 2.19. The maximum absolute atomic E-state index is 11.5. The Morgan fingerprint density at radius 1 is 1.32 bits per heavy atom. The topological polar surface area (TPSA) is 84.8 Å². The van der Waals surface area contributed by atoms with Crippen molar-refractivity contribution in [1.29, 1.82) is 0 Å². The van der Waals surface area contributed by atoms with E-state index in [1.165, 1.54) is 19.4 Å². The first kappa shape index (κ1) is 15.8. The molecule has 1 amide bonds. The fraction of sp³-hybridized carbons (Fsp3) is 0.214. The van der Waals surface area contributed by atoms with E-state index in [4.69, 9.17) is 21.1 Å². The Bertz CT molecular complexity index is 681. The summed E-state index contributed by atoms with van der Waals surface area (Å²) in [6, 6.07) is 6.56. The van der Waals surface area contributed by atoms with E-state index in [1.54, 1.807) is 25.3 Å². The van der Waals surface area contributed by atoms with Crippen LogP contribution in [-0.4, -0.2) is 35.6 Å². The molecule has 1 N–H and O–H groups in total. The highest BCUT2D eigenvalue weighted by atomic mass is 35.5. The summed E-state index contributed by atoms with van der Waals surface area (Å²) in [5.41, 5.74) is 0.660. The maximum atomic E-state index is 11.5. The number of hydrogen-bond donors (Lipinski definition) is 1. The minimum absolute atomic E-state index is 0.0392. The molecule has 1 aromatic heterocycles. The van der Waals surface area contributed by atoms with Crippen LogP contribution in [0.5, 0.6) is 11.5 Å². The van der Waals surface area contributed by atoms with Crippen LogP contribution >= 0.6 is 11.6 Å². The van der Waals surface area contributed by atoms with E-state index < -0.39 is 6.09 Å². The van der Waals surface area contributed by atoms with Gasteiger partial charge >= 0.3 is 6.09 Å². The zero-order valence-corrected chi connectivity index (χ0v) is 12.7. The molecule has 116 valence electrons. The van der Waals surface area contributed by atoms with E-state index in [9.17, 15) is 9.90 Å². The van der Waals surface area contributed by atoms with Gasteiger partial charge in [0.2, 0.25) is 0 Å². The van der Waals surface area contributed by atoms with Crippen molar-refractivity contribution in [2.75, 3.05) is 19.1 Å². The molecule has 7 nitrogen and oxygen atoms in total. The van der Waals surface area contributed by atoms with Crippen LogP contribution in [0.1, 0.15) is 5.56 Å². The summed E-state index contributed by atoms with van der Waals surface area (Å²) in [5, 5.41) is 17.1. The third kappa shape index (κ3) is 3.56. The molecular weight excluding hydrogens is 310 g/mol. The Hall–Kier alpha value is -2.54. The van der Waals surface area contributed by atoms with Gasteiger partial charge in [-0.2, -0.15) is 5.10 Å². The van der Waals surface area contributed by atoms with Crippen molar-refractivity contribution in [2.24, 2.45) is 0 Å². The average Bonchev–Trinajstić information content (AvgIpc) is 2.52. The molecule has 0 unspecified atom stereocenters. The molecular formula is C14H14ClN3O4. The van der Waals surface area contributed by atoms with Crippen LogP contribution in [0, 0.1) is 0 Å². The molecule has 0 spiro atoms. The monoisotopic (exact) mass is 323 g/mol. The number of halogens is 1. The molecule has 0 aliphatic heterocycles. The molecule has 0 radical (unpaired) electrons. The lowest BCUT2D eigenvalue weighted by Gasteiger charge is -2.19. The lowest BCUT2D eigenvalue weighted by atomic mass is 10.1. The fourth-order valence-electron chi connectivity index (χ4n) is 1.86. The highest BCUT2D eigenvalue weighted by Crippen LogP contribution is 2.27. The third-order valence-electron chi connectivity index (χ3n) is 2.94. The van der Waals surface area contributed by atoms with E-state index >= 15 is 0 Å². The van der Waals surface area contributed by atoms with Crippen LogP contribution in [0.15, 0.2) is 30.5 Å². The number of anilines is 1. The first-order valence-corrected chi connectivity index (χ1v) is 6.62. The predicted octanol–water partition coefficient (Wildman–Crippen LogP) is 2.83. The van der Waals surface area contributed by atoms with Crippen LogP contribution in [-0.2, 0) is 6.54 Å². The van der Waals surface area contributed by atoms with Crippen molar-refractivity contribution < 1.29 is 19.4 Å². The van der Waals surface area contributed by atoms with Gasteiger partial charge in [0.25, 0.3) is 0 Å². The number of ether oxygens (including phenoxy) is 2. The maximum Gasteiger partial charge on any atom is 0.413 e. The van der Waals surface area contributed by atoms with Crippen molar-refractivity contribution in [3.63, 3.8) is 0 Å². The lowest BCUT2D eigenvalue weighted by molar-refractivity contribution is 0.201. The molecule has 0 bridgehead atoms. The summed E-state index contributed by atoms with van der Waals surface area (Å²) in [5.74, 6) is 1.27. The second-order valence-corrected chi connectivity index (χ2v) is 4.71. The van der Waals surface area contributed by atoms with Gasteiger partial charge in [-0.25, -0.2) is 4.79 Å². The molecule has 0 aliphatic rings. The van der Waals surface area contributed by atoms with Crippen LogP contribution < -0.4 is 14.4 Å². The van der Waals surface area contributed by atoms with E-state index in [-0.39, 0.29) is 12.4 Å². The minimum Gasteiger partial charge on any atom is -0.497 e. The lowest BCUT2D eigenvalue weighted by Crippen LogP contribution is -2.29. The second-order valence-electron chi connectivity index (χ2n) is 4.28. The van der Waals surface area contributed by atoms with E-state index in [0.29, 0.717) is 22.1 Å². The quantitative estimate of drug-likeness (QED) is 0.910. The van der Waals surface area contributed by atoms with Crippen LogP contribution in [0.4, 0.5) is 10.6 Å². The molecule has 0 aliphatic carbocycles. The van der Waals surface area contributed by atoms with Crippen LogP contribution in [0.25, 0.3) is 0 Å². The second kappa shape index (κ2) is 6.95. The van der Waals surface area contributed by atoms with Gasteiger partial charge in [-0.05, 0) is 12.1 Å². The summed E-state index contributed by atoms with van der Waals surface area (Å²) in [7, 11) is 3.04. The number of carbonyl (C=O) groups is 1. The predicted molar refractivity (Wildman–Crippen MR) is 80.8 cm³/mol.